The molecule has 2 aromatic carbocycles. The van der Waals surface area contributed by atoms with Crippen LogP contribution in [0.3, 0.4) is 0 Å². The Morgan fingerprint density at radius 1 is 1.17 bits per heavy atom. The maximum absolute atomic E-state index is 13.8. The van der Waals surface area contributed by atoms with Crippen LogP contribution in [0.5, 0.6) is 5.75 Å². The van der Waals surface area contributed by atoms with Crippen molar-refractivity contribution in [1.82, 2.24) is 15.2 Å². The molecule has 3 aromatic rings. The molecule has 118 valence electrons. The Hall–Kier alpha value is -2.34. The molecule has 23 heavy (non-hydrogen) atoms. The van der Waals surface area contributed by atoms with Gasteiger partial charge in [-0.05, 0) is 36.8 Å². The minimum Gasteiger partial charge on any atom is -0.497 e. The number of halogens is 1. The lowest BCUT2D eigenvalue weighted by atomic mass is 10.1. The second-order valence-corrected chi connectivity index (χ2v) is 6.29. The largest absolute Gasteiger partial charge is 0.497 e. The molecule has 1 heterocycles. The first-order valence-electron chi connectivity index (χ1n) is 7.15. The van der Waals surface area contributed by atoms with E-state index in [4.69, 9.17) is 4.74 Å². The highest BCUT2D eigenvalue weighted by atomic mass is 32.2. The van der Waals surface area contributed by atoms with Gasteiger partial charge in [-0.1, -0.05) is 36.0 Å². The maximum atomic E-state index is 13.8. The topological polar surface area (TPSA) is 50.8 Å². The number of benzene rings is 2. The Balaban J connectivity index is 1.77. The third-order valence-corrected chi connectivity index (χ3v) is 4.46. The predicted octanol–water partition coefficient (Wildman–Crippen LogP) is 4.47. The molecule has 0 aliphatic heterocycles. The van der Waals surface area contributed by atoms with Crippen LogP contribution in [-0.2, 0) is 0 Å². The van der Waals surface area contributed by atoms with Gasteiger partial charge in [-0.3, -0.25) is 5.10 Å². The minimum atomic E-state index is -0.318. The molecule has 0 bridgehead atoms. The molecule has 1 atom stereocenters. The smallest absolute Gasteiger partial charge is 0.209 e. The molecule has 6 heteroatoms. The van der Waals surface area contributed by atoms with Crippen LogP contribution in [0.1, 0.15) is 17.7 Å². The Morgan fingerprint density at radius 2 is 2.00 bits per heavy atom. The third-order valence-electron chi connectivity index (χ3n) is 3.44. The fourth-order valence-corrected chi connectivity index (χ4v) is 3.03. The average molecular weight is 329 g/mol. The van der Waals surface area contributed by atoms with Crippen molar-refractivity contribution in [2.75, 3.05) is 7.11 Å². The summed E-state index contributed by atoms with van der Waals surface area (Å²) in [6.07, 6.45) is 0. The van der Waals surface area contributed by atoms with E-state index in [1.165, 1.54) is 17.8 Å². The zero-order valence-electron chi connectivity index (χ0n) is 12.8. The van der Waals surface area contributed by atoms with E-state index in [9.17, 15) is 4.39 Å². The van der Waals surface area contributed by atoms with Gasteiger partial charge >= 0.3 is 0 Å². The van der Waals surface area contributed by atoms with Crippen molar-refractivity contribution in [3.63, 3.8) is 0 Å². The highest BCUT2D eigenvalue weighted by Crippen LogP contribution is 2.34. The summed E-state index contributed by atoms with van der Waals surface area (Å²) < 4.78 is 19.0. The zero-order chi connectivity index (χ0) is 16.2. The highest BCUT2D eigenvalue weighted by molar-refractivity contribution is 7.99. The van der Waals surface area contributed by atoms with Gasteiger partial charge in [0.15, 0.2) is 5.82 Å². The number of ether oxygens (including phenoxy) is 1. The summed E-state index contributed by atoms with van der Waals surface area (Å²) in [7, 11) is 1.65. The van der Waals surface area contributed by atoms with Crippen LogP contribution in [0.2, 0.25) is 0 Å². The molecular weight excluding hydrogens is 313 g/mol. The van der Waals surface area contributed by atoms with Gasteiger partial charge in [0.25, 0.3) is 0 Å². The zero-order valence-corrected chi connectivity index (χ0v) is 13.6. The van der Waals surface area contributed by atoms with Gasteiger partial charge in [-0.2, -0.15) is 0 Å². The number of thioether (sulfide) groups is 1. The minimum absolute atomic E-state index is 0.148. The molecule has 3 rings (SSSR count). The molecule has 1 aromatic heterocycles. The van der Waals surface area contributed by atoms with Gasteiger partial charge in [0.1, 0.15) is 11.6 Å². The van der Waals surface area contributed by atoms with Crippen LogP contribution in [0.15, 0.2) is 53.7 Å². The van der Waals surface area contributed by atoms with Crippen LogP contribution in [0.25, 0.3) is 11.4 Å². The number of aromatic nitrogens is 3. The Morgan fingerprint density at radius 3 is 2.78 bits per heavy atom. The van der Waals surface area contributed by atoms with Gasteiger partial charge in [0.05, 0.1) is 12.7 Å². The van der Waals surface area contributed by atoms with E-state index in [-0.39, 0.29) is 11.1 Å². The molecule has 0 unspecified atom stereocenters. The lowest BCUT2D eigenvalue weighted by Gasteiger charge is -2.10. The summed E-state index contributed by atoms with van der Waals surface area (Å²) in [4.78, 5) is 4.37. The summed E-state index contributed by atoms with van der Waals surface area (Å²) in [5.74, 6) is 0.932. The highest BCUT2D eigenvalue weighted by Gasteiger charge is 2.14. The predicted molar refractivity (Wildman–Crippen MR) is 89.0 cm³/mol. The van der Waals surface area contributed by atoms with Crippen LogP contribution < -0.4 is 4.74 Å². The van der Waals surface area contributed by atoms with Crippen LogP contribution >= 0.6 is 11.8 Å². The molecule has 4 nitrogen and oxygen atoms in total. The SMILES string of the molecule is COc1cccc([C@@H](C)Sc2n[nH]c(-c3ccccc3F)n2)c1. The lowest BCUT2D eigenvalue weighted by molar-refractivity contribution is 0.414. The fraction of sp³-hybridized carbons (Fsp3) is 0.176. The van der Waals surface area contributed by atoms with Crippen molar-refractivity contribution in [3.05, 3.63) is 59.9 Å². The van der Waals surface area contributed by atoms with Crippen LogP contribution in [0, 0.1) is 5.82 Å². The number of aromatic amines is 1. The number of methoxy groups -OCH3 is 1. The summed E-state index contributed by atoms with van der Waals surface area (Å²) in [6.45, 7) is 2.07. The summed E-state index contributed by atoms with van der Waals surface area (Å²) in [6, 6.07) is 14.4. The van der Waals surface area contributed by atoms with Gasteiger partial charge < -0.3 is 4.74 Å². The van der Waals surface area contributed by atoms with E-state index in [2.05, 4.69) is 22.1 Å². The average Bonchev–Trinajstić information content (AvgIpc) is 3.03. The summed E-state index contributed by atoms with van der Waals surface area (Å²) in [5, 5.41) is 7.70. The quantitative estimate of drug-likeness (QED) is 0.702. The number of nitrogens with one attached hydrogen (secondary N) is 1. The molecule has 0 aliphatic carbocycles. The standard InChI is InChI=1S/C17H16FN3OS/c1-11(12-6-5-7-13(10-12)22-2)23-17-19-16(20-21-17)14-8-3-4-9-15(14)18/h3-11H,1-2H3,(H,19,20,21)/t11-/m1/s1. The first-order chi connectivity index (χ1) is 11.2. The fourth-order valence-electron chi connectivity index (χ4n) is 2.19. The number of hydrogen-bond donors (Lipinski definition) is 1. The molecule has 1 N–H and O–H groups in total. The van der Waals surface area contributed by atoms with Crippen molar-refractivity contribution in [1.29, 1.82) is 0 Å². The van der Waals surface area contributed by atoms with Crippen molar-refractivity contribution in [2.45, 2.75) is 17.3 Å². The summed E-state index contributed by atoms with van der Waals surface area (Å²) in [5.41, 5.74) is 1.53. The molecule has 0 fully saturated rings. The van der Waals surface area contributed by atoms with Crippen molar-refractivity contribution >= 4 is 11.8 Å². The number of nitrogens with zero attached hydrogens (tertiary/aromatic N) is 2. The number of rotatable bonds is 5. The van der Waals surface area contributed by atoms with Gasteiger partial charge in [-0.15, -0.1) is 5.10 Å². The van der Waals surface area contributed by atoms with E-state index in [1.54, 1.807) is 25.3 Å². The monoisotopic (exact) mass is 329 g/mol. The number of hydrogen-bond acceptors (Lipinski definition) is 4. The van der Waals surface area contributed by atoms with E-state index in [0.717, 1.165) is 11.3 Å². The van der Waals surface area contributed by atoms with Crippen molar-refractivity contribution in [2.24, 2.45) is 0 Å². The normalized spacial score (nSPS) is 12.1. The van der Waals surface area contributed by atoms with Crippen LogP contribution in [-0.4, -0.2) is 22.3 Å². The molecule has 0 saturated heterocycles. The third kappa shape index (κ3) is 3.53. The second-order valence-electron chi connectivity index (χ2n) is 4.98. The Kier molecular flexibility index (Phi) is 4.62. The Labute approximate surface area is 138 Å². The van der Waals surface area contributed by atoms with E-state index in [1.807, 2.05) is 24.3 Å². The van der Waals surface area contributed by atoms with Crippen LogP contribution in [0.4, 0.5) is 4.39 Å². The molecule has 0 radical (unpaired) electrons. The second kappa shape index (κ2) is 6.83. The first kappa shape index (κ1) is 15.6. The maximum Gasteiger partial charge on any atom is 0.209 e. The molecular formula is C17H16FN3OS. The van der Waals surface area contributed by atoms with E-state index >= 15 is 0 Å². The van der Waals surface area contributed by atoms with Gasteiger partial charge in [0, 0.05) is 5.25 Å². The van der Waals surface area contributed by atoms with Crippen molar-refractivity contribution < 1.29 is 9.13 Å². The molecule has 0 amide bonds. The number of H-pyrrole nitrogens is 1. The molecule has 0 saturated carbocycles. The lowest BCUT2D eigenvalue weighted by Crippen LogP contribution is -1.91. The molecule has 0 aliphatic rings. The molecule has 0 spiro atoms. The summed E-state index contributed by atoms with van der Waals surface area (Å²) >= 11 is 1.51. The van der Waals surface area contributed by atoms with E-state index < -0.39 is 0 Å². The Bertz CT molecular complexity index is 806. The van der Waals surface area contributed by atoms with Crippen molar-refractivity contribution in [3.8, 4) is 17.1 Å². The van der Waals surface area contributed by atoms with E-state index in [0.29, 0.717) is 16.5 Å². The first-order valence-corrected chi connectivity index (χ1v) is 8.03. The van der Waals surface area contributed by atoms with Gasteiger partial charge in [0.2, 0.25) is 5.16 Å². The van der Waals surface area contributed by atoms with Gasteiger partial charge in [-0.25, -0.2) is 9.37 Å².